The van der Waals surface area contributed by atoms with Crippen LogP contribution in [0.1, 0.15) is 24.2 Å². The lowest BCUT2D eigenvalue weighted by atomic mass is 10.2. The molecule has 13 heteroatoms. The molecule has 0 radical (unpaired) electrons. The fourth-order valence-corrected chi connectivity index (χ4v) is 5.84. The van der Waals surface area contributed by atoms with Crippen LogP contribution in [0.15, 0.2) is 58.3 Å². The molecule has 0 atom stereocenters. The van der Waals surface area contributed by atoms with E-state index < -0.39 is 20.0 Å². The minimum Gasteiger partial charge on any atom is -0.495 e. The monoisotopic (exact) mass is 531 g/mol. The second-order valence-electron chi connectivity index (χ2n) is 8.19. The van der Waals surface area contributed by atoms with Gasteiger partial charge in [0, 0.05) is 30.0 Å². The van der Waals surface area contributed by atoms with E-state index in [4.69, 9.17) is 4.74 Å². The van der Waals surface area contributed by atoms with Gasteiger partial charge in [0.25, 0.3) is 20.0 Å². The fraction of sp³-hybridized carbons (Fsp3) is 0.261. The lowest BCUT2D eigenvalue weighted by Crippen LogP contribution is -2.25. The zero-order valence-electron chi connectivity index (χ0n) is 19.8. The molecule has 1 aliphatic heterocycles. The fourth-order valence-electron chi connectivity index (χ4n) is 3.82. The van der Waals surface area contributed by atoms with Crippen LogP contribution in [0.5, 0.6) is 5.75 Å². The molecule has 36 heavy (non-hydrogen) atoms. The van der Waals surface area contributed by atoms with Crippen molar-refractivity contribution in [3.8, 4) is 5.75 Å². The molecule has 0 spiro atoms. The Morgan fingerprint density at radius 1 is 0.861 bits per heavy atom. The highest BCUT2D eigenvalue weighted by molar-refractivity contribution is 7.93. The predicted molar refractivity (Wildman–Crippen MR) is 134 cm³/mol. The highest BCUT2D eigenvalue weighted by atomic mass is 32.2. The summed E-state index contributed by atoms with van der Waals surface area (Å²) < 4.78 is 61.6. The number of nitrogens with zero attached hydrogens (tertiary/aromatic N) is 3. The lowest BCUT2D eigenvalue weighted by Gasteiger charge is -2.20. The van der Waals surface area contributed by atoms with Crippen molar-refractivity contribution in [2.75, 3.05) is 28.0 Å². The molecule has 1 amide bonds. The van der Waals surface area contributed by atoms with Gasteiger partial charge in [-0.3, -0.25) is 9.52 Å². The lowest BCUT2D eigenvalue weighted by molar-refractivity contribution is -0.117. The van der Waals surface area contributed by atoms with Crippen LogP contribution in [0, 0.1) is 13.8 Å². The molecule has 11 nitrogen and oxygen atoms in total. The zero-order valence-corrected chi connectivity index (χ0v) is 21.5. The van der Waals surface area contributed by atoms with Crippen LogP contribution < -0.4 is 19.1 Å². The van der Waals surface area contributed by atoms with Gasteiger partial charge in [0.1, 0.15) is 5.75 Å². The topological polar surface area (TPSA) is 148 Å². The van der Waals surface area contributed by atoms with Crippen LogP contribution in [0.4, 0.5) is 17.3 Å². The SMILES string of the molecule is COc1ccc(S(=O)(=O)Nc2ccc(S(=O)(=O)Nc3nc(C)cc(C)n3)cc2)cc1N1CCCC1=O. The summed E-state index contributed by atoms with van der Waals surface area (Å²) in [5, 5.41) is 0. The second kappa shape index (κ2) is 9.74. The number of amides is 1. The molecule has 3 aromatic rings. The molecule has 2 heterocycles. The summed E-state index contributed by atoms with van der Waals surface area (Å²) in [6.45, 7) is 3.92. The minimum atomic E-state index is -4.04. The molecule has 0 unspecified atom stereocenters. The van der Waals surface area contributed by atoms with E-state index in [9.17, 15) is 21.6 Å². The normalized spacial score (nSPS) is 14.1. The number of sulfonamides is 2. The Balaban J connectivity index is 1.55. The zero-order chi connectivity index (χ0) is 26.1. The van der Waals surface area contributed by atoms with Crippen molar-refractivity contribution in [1.29, 1.82) is 0 Å². The van der Waals surface area contributed by atoms with Gasteiger partial charge in [-0.2, -0.15) is 0 Å². The van der Waals surface area contributed by atoms with E-state index in [-0.39, 0.29) is 27.3 Å². The van der Waals surface area contributed by atoms with Gasteiger partial charge in [0.15, 0.2) is 0 Å². The van der Waals surface area contributed by atoms with Crippen molar-refractivity contribution in [3.05, 3.63) is 59.9 Å². The summed E-state index contributed by atoms with van der Waals surface area (Å²) in [7, 11) is -6.59. The highest BCUT2D eigenvalue weighted by Gasteiger charge is 2.27. The average Bonchev–Trinajstić information content (AvgIpc) is 3.23. The molecule has 1 aliphatic rings. The van der Waals surface area contributed by atoms with Crippen molar-refractivity contribution in [2.45, 2.75) is 36.5 Å². The first-order valence-electron chi connectivity index (χ1n) is 10.9. The van der Waals surface area contributed by atoms with Gasteiger partial charge < -0.3 is 9.64 Å². The maximum Gasteiger partial charge on any atom is 0.264 e. The first-order valence-corrected chi connectivity index (χ1v) is 13.9. The largest absolute Gasteiger partial charge is 0.495 e. The number of benzene rings is 2. The number of aromatic nitrogens is 2. The number of rotatable bonds is 8. The van der Waals surface area contributed by atoms with E-state index in [0.29, 0.717) is 42.2 Å². The van der Waals surface area contributed by atoms with Crippen molar-refractivity contribution in [1.82, 2.24) is 9.97 Å². The molecule has 0 bridgehead atoms. The minimum absolute atomic E-state index is 0.0518. The Labute approximate surface area is 209 Å². The van der Waals surface area contributed by atoms with Crippen LogP contribution in [0.3, 0.4) is 0 Å². The molecule has 1 aromatic heterocycles. The second-order valence-corrected chi connectivity index (χ2v) is 11.6. The van der Waals surface area contributed by atoms with Gasteiger partial charge in [-0.1, -0.05) is 0 Å². The molecule has 2 N–H and O–H groups in total. The Morgan fingerprint density at radius 2 is 1.47 bits per heavy atom. The van der Waals surface area contributed by atoms with Gasteiger partial charge in [-0.25, -0.2) is 31.5 Å². The van der Waals surface area contributed by atoms with Gasteiger partial charge in [0.2, 0.25) is 11.9 Å². The van der Waals surface area contributed by atoms with Crippen molar-refractivity contribution >= 4 is 43.3 Å². The van der Waals surface area contributed by atoms with Gasteiger partial charge in [-0.15, -0.1) is 0 Å². The summed E-state index contributed by atoms with van der Waals surface area (Å²) in [6, 6.07) is 11.2. The Hall–Kier alpha value is -3.71. The summed E-state index contributed by atoms with van der Waals surface area (Å²) in [5.41, 5.74) is 1.76. The molecule has 0 aliphatic carbocycles. The third-order valence-electron chi connectivity index (χ3n) is 5.45. The average molecular weight is 532 g/mol. The third-order valence-corrected chi connectivity index (χ3v) is 8.17. The first-order chi connectivity index (χ1) is 17.0. The van der Waals surface area contributed by atoms with E-state index in [1.807, 2.05) is 0 Å². The number of carbonyl (C=O) groups excluding carboxylic acids is 1. The molecule has 190 valence electrons. The van der Waals surface area contributed by atoms with Crippen LogP contribution in [-0.4, -0.2) is 46.4 Å². The molecule has 1 fully saturated rings. The molecule has 2 aromatic carbocycles. The molecule has 1 saturated heterocycles. The summed E-state index contributed by atoms with van der Waals surface area (Å²) in [5.74, 6) is 0.232. The van der Waals surface area contributed by atoms with Crippen LogP contribution >= 0.6 is 0 Å². The van der Waals surface area contributed by atoms with Gasteiger partial charge in [0.05, 0.1) is 22.6 Å². The molecule has 4 rings (SSSR count). The Kier molecular flexibility index (Phi) is 6.87. The van der Waals surface area contributed by atoms with Crippen molar-refractivity contribution < 1.29 is 26.4 Å². The maximum absolute atomic E-state index is 13.0. The van der Waals surface area contributed by atoms with Crippen LogP contribution in [0.2, 0.25) is 0 Å². The highest BCUT2D eigenvalue weighted by Crippen LogP contribution is 2.34. The smallest absolute Gasteiger partial charge is 0.264 e. The first kappa shape index (κ1) is 25.4. The summed E-state index contributed by atoms with van der Waals surface area (Å²) >= 11 is 0. The maximum atomic E-state index is 13.0. The van der Waals surface area contributed by atoms with Crippen LogP contribution in [-0.2, 0) is 24.8 Å². The van der Waals surface area contributed by atoms with E-state index in [0.717, 1.165) is 0 Å². The molecular weight excluding hydrogens is 506 g/mol. The number of ether oxygens (including phenoxy) is 1. The summed E-state index contributed by atoms with van der Waals surface area (Å²) in [4.78, 5) is 21.7. The van der Waals surface area contributed by atoms with Crippen molar-refractivity contribution in [3.63, 3.8) is 0 Å². The van der Waals surface area contributed by atoms with E-state index >= 15 is 0 Å². The Morgan fingerprint density at radius 3 is 2.06 bits per heavy atom. The van der Waals surface area contributed by atoms with Gasteiger partial charge >= 0.3 is 0 Å². The number of hydrogen-bond donors (Lipinski definition) is 2. The van der Waals surface area contributed by atoms with Gasteiger partial charge in [-0.05, 0) is 68.8 Å². The molecular formula is C23H25N5O6S2. The number of anilines is 3. The van der Waals surface area contributed by atoms with E-state index in [1.165, 1.54) is 54.5 Å². The van der Waals surface area contributed by atoms with E-state index in [1.54, 1.807) is 19.9 Å². The quantitative estimate of drug-likeness (QED) is 0.451. The number of carbonyl (C=O) groups is 1. The number of methoxy groups -OCH3 is 1. The standard InChI is InChI=1S/C23H25N5O6S2/c1-15-13-16(2)25-23(24-15)27-35(30,31)18-8-6-17(7-9-18)26-36(32,33)19-10-11-21(34-3)20(14-19)28-12-4-5-22(28)29/h6-11,13-14,26H,4-5,12H2,1-3H3,(H,24,25,27). The number of aryl methyl sites for hydroxylation is 2. The van der Waals surface area contributed by atoms with Crippen LogP contribution in [0.25, 0.3) is 0 Å². The molecule has 0 saturated carbocycles. The Bertz CT molecular complexity index is 1500. The summed E-state index contributed by atoms with van der Waals surface area (Å²) in [6.07, 6.45) is 1.06. The third kappa shape index (κ3) is 5.41. The van der Waals surface area contributed by atoms with E-state index in [2.05, 4.69) is 19.4 Å². The van der Waals surface area contributed by atoms with Crippen molar-refractivity contribution in [2.24, 2.45) is 0 Å². The predicted octanol–water partition coefficient (Wildman–Crippen LogP) is 2.83. The number of nitrogens with one attached hydrogen (secondary N) is 2. The number of hydrogen-bond acceptors (Lipinski definition) is 8.